The Hall–Kier alpha value is -8.80. The molecule has 3 aromatic rings. The number of guanidine groups is 2. The number of nitrogens with zero attached hydrogens (tertiary/aromatic N) is 3. The molecule has 1 fully saturated rings. The van der Waals surface area contributed by atoms with Crippen molar-refractivity contribution in [1.29, 1.82) is 5.26 Å². The van der Waals surface area contributed by atoms with Gasteiger partial charge in [0.15, 0.2) is 11.9 Å². The zero-order valence-electron chi connectivity index (χ0n) is 42.3. The van der Waals surface area contributed by atoms with E-state index in [1.807, 2.05) is 24.3 Å². The van der Waals surface area contributed by atoms with Gasteiger partial charge in [0.1, 0.15) is 30.2 Å². The van der Waals surface area contributed by atoms with Crippen LogP contribution in [0, 0.1) is 11.3 Å². The predicted octanol–water partition coefficient (Wildman–Crippen LogP) is -4.13. The Labute approximate surface area is 438 Å². The Morgan fingerprint density at radius 1 is 0.776 bits per heavy atom. The number of carbonyl (C=O) groups is 9. The Morgan fingerprint density at radius 3 is 2.09 bits per heavy atom. The fourth-order valence-electron chi connectivity index (χ4n) is 8.27. The van der Waals surface area contributed by atoms with Gasteiger partial charge in [-0.05, 0) is 80.7 Å². The molecule has 7 atom stereocenters. The average molecular weight is 1060 g/mol. The lowest BCUT2D eigenvalue weighted by Gasteiger charge is -2.28. The summed E-state index contributed by atoms with van der Waals surface area (Å²) in [6.07, 6.45) is 0.904. The molecule has 4 rings (SSSR count). The molecule has 1 aliphatic heterocycles. The Bertz CT molecular complexity index is 2620. The van der Waals surface area contributed by atoms with E-state index >= 15 is 0 Å². The third kappa shape index (κ3) is 20.6. The molecule has 1 aliphatic rings. The number of primary amides is 2. The number of nitriles is 1. The lowest BCUT2D eigenvalue weighted by molar-refractivity contribution is -0.134. The van der Waals surface area contributed by atoms with Crippen LogP contribution in [0.5, 0.6) is 0 Å². The number of H-pyrrole nitrogens is 1. The number of rotatable bonds is 18. The molecule has 2 aromatic carbocycles. The number of amides is 9. The number of para-hydroxylation sites is 1. The van der Waals surface area contributed by atoms with Crippen LogP contribution in [0.2, 0.25) is 0 Å². The summed E-state index contributed by atoms with van der Waals surface area (Å²) in [5, 5.41) is 32.1. The van der Waals surface area contributed by atoms with Crippen LogP contribution in [-0.2, 0) is 56.0 Å². The topological polar surface area (TPSA) is 470 Å². The third-order valence-corrected chi connectivity index (χ3v) is 12.1. The fraction of sp³-hybridized carbons (Fsp3) is 0.469. The summed E-state index contributed by atoms with van der Waals surface area (Å²) in [5.41, 5.74) is 35.7. The highest BCUT2D eigenvalue weighted by Gasteiger charge is 2.33. The van der Waals surface area contributed by atoms with Crippen molar-refractivity contribution in [2.24, 2.45) is 44.4 Å². The molecule has 1 saturated heterocycles. The fourth-order valence-corrected chi connectivity index (χ4v) is 8.27. The number of nitrogens with one attached hydrogen (secondary N) is 9. The lowest BCUT2D eigenvalue weighted by Crippen LogP contribution is -2.59. The highest BCUT2D eigenvalue weighted by Crippen LogP contribution is 2.20. The highest BCUT2D eigenvalue weighted by molar-refractivity contribution is 5.96. The quantitative estimate of drug-likeness (QED) is 0.0327. The Kier molecular flexibility index (Phi) is 23.9. The van der Waals surface area contributed by atoms with Crippen LogP contribution >= 0.6 is 0 Å². The van der Waals surface area contributed by atoms with Gasteiger partial charge in [-0.2, -0.15) is 5.26 Å². The van der Waals surface area contributed by atoms with E-state index in [9.17, 15) is 48.4 Å². The number of hydrogen-bond acceptors (Lipinski definition) is 13. The minimum Gasteiger partial charge on any atom is -0.370 e. The van der Waals surface area contributed by atoms with Crippen molar-refractivity contribution in [1.82, 2.24) is 47.5 Å². The van der Waals surface area contributed by atoms with Crippen molar-refractivity contribution >= 4 is 76.0 Å². The number of nitrogens with two attached hydrogens (primary N) is 6. The van der Waals surface area contributed by atoms with Gasteiger partial charge in [0.2, 0.25) is 53.2 Å². The van der Waals surface area contributed by atoms with E-state index in [0.29, 0.717) is 16.7 Å². The molecule has 0 spiro atoms. The number of aliphatic imine (C=N–C) groups is 2. The average Bonchev–Trinajstić information content (AvgIpc) is 3.77. The number of carbonyl (C=O) groups excluding carboxylic acids is 9. The van der Waals surface area contributed by atoms with Crippen LogP contribution in [0.1, 0.15) is 81.4 Å². The number of hydrogen-bond donors (Lipinski definition) is 15. The number of aromatic nitrogens is 1. The molecule has 21 N–H and O–H groups in total. The summed E-state index contributed by atoms with van der Waals surface area (Å²) >= 11 is 0. The van der Waals surface area contributed by atoms with E-state index in [2.05, 4.69) is 57.5 Å². The van der Waals surface area contributed by atoms with E-state index in [-0.39, 0.29) is 102 Å². The summed E-state index contributed by atoms with van der Waals surface area (Å²) < 4.78 is 0. The van der Waals surface area contributed by atoms with Crippen LogP contribution < -0.4 is 76.9 Å². The summed E-state index contributed by atoms with van der Waals surface area (Å²) in [5.74, 6) is -7.21. The van der Waals surface area contributed by atoms with E-state index in [4.69, 9.17) is 34.4 Å². The molecule has 2 heterocycles. The van der Waals surface area contributed by atoms with E-state index in [0.717, 1.165) is 10.9 Å². The van der Waals surface area contributed by atoms with Gasteiger partial charge in [-0.15, -0.1) is 0 Å². The molecule has 410 valence electrons. The van der Waals surface area contributed by atoms with Crippen LogP contribution in [0.15, 0.2) is 64.7 Å². The molecule has 0 aliphatic carbocycles. The molecular weight excluding hydrogens is 985 g/mol. The molecular formula is C49H70N18O9. The Morgan fingerprint density at radius 2 is 1.43 bits per heavy atom. The van der Waals surface area contributed by atoms with E-state index in [1.54, 1.807) is 36.5 Å². The minimum atomic E-state index is -1.39. The van der Waals surface area contributed by atoms with Crippen molar-refractivity contribution in [3.63, 3.8) is 0 Å². The number of aromatic amines is 1. The molecule has 76 heavy (non-hydrogen) atoms. The summed E-state index contributed by atoms with van der Waals surface area (Å²) in [7, 11) is 0. The first-order chi connectivity index (χ1) is 36.2. The first-order valence-corrected chi connectivity index (χ1v) is 24.7. The summed E-state index contributed by atoms with van der Waals surface area (Å²) in [4.78, 5) is 133. The second-order valence-electron chi connectivity index (χ2n) is 18.2. The Balaban J connectivity index is 1.77. The van der Waals surface area contributed by atoms with Gasteiger partial charge >= 0.3 is 0 Å². The van der Waals surface area contributed by atoms with E-state index in [1.165, 1.54) is 6.92 Å². The first-order valence-electron chi connectivity index (χ1n) is 24.7. The van der Waals surface area contributed by atoms with Gasteiger partial charge in [0.25, 0.3) is 0 Å². The maximum absolute atomic E-state index is 14.6. The maximum atomic E-state index is 14.6. The van der Waals surface area contributed by atoms with Gasteiger partial charge in [0, 0.05) is 69.5 Å². The van der Waals surface area contributed by atoms with Crippen molar-refractivity contribution in [3.8, 4) is 6.07 Å². The zero-order valence-corrected chi connectivity index (χ0v) is 42.3. The van der Waals surface area contributed by atoms with Crippen molar-refractivity contribution < 1.29 is 43.2 Å². The van der Waals surface area contributed by atoms with Crippen LogP contribution in [0.4, 0.5) is 0 Å². The van der Waals surface area contributed by atoms with Crippen LogP contribution in [-0.4, -0.2) is 139 Å². The third-order valence-electron chi connectivity index (χ3n) is 12.1. The molecule has 9 amide bonds. The van der Waals surface area contributed by atoms with Crippen molar-refractivity contribution in [2.75, 3.05) is 26.2 Å². The monoisotopic (exact) mass is 1050 g/mol. The molecule has 0 radical (unpaired) electrons. The van der Waals surface area contributed by atoms with Crippen LogP contribution in [0.25, 0.3) is 10.9 Å². The highest BCUT2D eigenvalue weighted by atomic mass is 16.2. The minimum absolute atomic E-state index is 0.0377. The lowest BCUT2D eigenvalue weighted by atomic mass is 10.0. The van der Waals surface area contributed by atoms with Gasteiger partial charge in [-0.25, -0.2) is 0 Å². The van der Waals surface area contributed by atoms with Crippen molar-refractivity contribution in [2.45, 2.75) is 120 Å². The zero-order chi connectivity index (χ0) is 55.7. The normalized spacial score (nSPS) is 20.9. The SMILES string of the molecule is CC(=O)NC(CCCN=C(N)N)C(=O)NC1CCCNC(=O)CCC(C(N)=O)NC(=O)C(Cc2c[nH]c3ccccc23)NC(=O)C(CCCN=C(N)N)NC(=O)C(Cc2ccc(C#N)cc2)NCC(CC(N)=O)NC1=O. The van der Waals surface area contributed by atoms with Gasteiger partial charge in [-0.1, -0.05) is 30.3 Å². The van der Waals surface area contributed by atoms with Gasteiger partial charge in [0.05, 0.1) is 23.7 Å². The second kappa shape index (κ2) is 30.4. The predicted molar refractivity (Wildman–Crippen MR) is 280 cm³/mol. The molecule has 0 saturated carbocycles. The molecule has 27 nitrogen and oxygen atoms in total. The standard InChI is InChI=1S/C49H70N18O9/c1-27(68)62-35(9-5-19-58-48(53)54)44(73)65-36-10-4-18-57-41(70)17-16-34(42(52)71)64-47(76)39(22-30-25-60-33-8-3-2-7-32(30)33)67-45(74)37(11-6-20-59-49(55)56)66-46(75)38(21-28-12-14-29(24-50)15-13-28)61-26-31(23-40(51)69)63-43(36)72/h2-3,7-8,12-15,25,31,34-39,60-61H,4-6,9-11,16-23,26H2,1H3,(H2,51,69)(H2,52,71)(H,57,70)(H,62,68)(H,63,72)(H,64,76)(H,65,73)(H,66,75)(H,67,74)(H4,53,54,58)(H4,55,56,59). The van der Waals surface area contributed by atoms with E-state index < -0.39 is 102 Å². The number of benzene rings is 2. The molecule has 27 heteroatoms. The first kappa shape index (κ1) is 59.8. The molecule has 7 unspecified atom stereocenters. The smallest absolute Gasteiger partial charge is 0.243 e. The second-order valence-corrected chi connectivity index (χ2v) is 18.2. The molecule has 0 bridgehead atoms. The van der Waals surface area contributed by atoms with Gasteiger partial charge < -0.3 is 81.9 Å². The summed E-state index contributed by atoms with van der Waals surface area (Å²) in [6, 6.07) is 6.69. The molecule has 1 aromatic heterocycles. The largest absolute Gasteiger partial charge is 0.370 e. The van der Waals surface area contributed by atoms with Crippen molar-refractivity contribution in [3.05, 3.63) is 71.4 Å². The van der Waals surface area contributed by atoms with Gasteiger partial charge in [-0.3, -0.25) is 53.1 Å². The van der Waals surface area contributed by atoms with Crippen LogP contribution in [0.3, 0.4) is 0 Å². The summed E-state index contributed by atoms with van der Waals surface area (Å²) in [6.45, 7) is 1.07. The number of fused-ring (bicyclic) bond motifs is 1. The maximum Gasteiger partial charge on any atom is 0.243 e.